The van der Waals surface area contributed by atoms with E-state index in [9.17, 15) is 0 Å². The monoisotopic (exact) mass is 274 g/mol. The molecular weight excluding hydrogens is 248 g/mol. The molecule has 4 fully saturated rings. The highest BCUT2D eigenvalue weighted by molar-refractivity contribution is 5.03. The molecule has 0 amide bonds. The number of aromatic nitrogens is 3. The van der Waals surface area contributed by atoms with E-state index in [-0.39, 0.29) is 6.04 Å². The first-order valence-electron chi connectivity index (χ1n) is 8.36. The van der Waals surface area contributed by atoms with E-state index in [1.54, 1.807) is 6.33 Å². The van der Waals surface area contributed by atoms with Gasteiger partial charge in [0.2, 0.25) is 0 Å². The van der Waals surface area contributed by atoms with Crippen LogP contribution in [0.1, 0.15) is 44.9 Å². The molecule has 0 aliphatic heterocycles. The molecule has 0 saturated heterocycles. The van der Waals surface area contributed by atoms with Gasteiger partial charge in [0.1, 0.15) is 12.2 Å². The Labute approximate surface area is 121 Å². The lowest BCUT2D eigenvalue weighted by Gasteiger charge is -2.56. The Morgan fingerprint density at radius 1 is 1.20 bits per heavy atom. The molecule has 4 aliphatic carbocycles. The van der Waals surface area contributed by atoms with E-state index in [0.29, 0.717) is 0 Å². The Morgan fingerprint density at radius 3 is 2.45 bits per heavy atom. The van der Waals surface area contributed by atoms with Gasteiger partial charge in [0.15, 0.2) is 0 Å². The molecule has 1 unspecified atom stereocenters. The maximum Gasteiger partial charge on any atom is 0.138 e. The van der Waals surface area contributed by atoms with Crippen molar-refractivity contribution in [2.75, 3.05) is 0 Å². The Bertz CT molecular complexity index is 453. The van der Waals surface area contributed by atoms with Crippen LogP contribution in [0.15, 0.2) is 6.33 Å². The summed E-state index contributed by atoms with van der Waals surface area (Å²) in [4.78, 5) is 4.41. The summed E-state index contributed by atoms with van der Waals surface area (Å²) in [5.74, 6) is 5.68. The van der Waals surface area contributed by atoms with Crippen molar-refractivity contribution >= 4 is 0 Å². The average Bonchev–Trinajstić information content (AvgIpc) is 2.84. The van der Waals surface area contributed by atoms with Crippen molar-refractivity contribution in [3.8, 4) is 0 Å². The van der Waals surface area contributed by atoms with Gasteiger partial charge in [-0.3, -0.25) is 4.68 Å². The van der Waals surface area contributed by atoms with Crippen molar-refractivity contribution < 1.29 is 0 Å². The Hall–Kier alpha value is -0.900. The third-order valence-electron chi connectivity index (χ3n) is 6.21. The summed E-state index contributed by atoms with van der Waals surface area (Å²) >= 11 is 0. The van der Waals surface area contributed by atoms with Gasteiger partial charge in [0.05, 0.1) is 0 Å². The molecule has 1 aromatic rings. The van der Waals surface area contributed by atoms with Crippen LogP contribution in [0.25, 0.3) is 0 Å². The van der Waals surface area contributed by atoms with Gasteiger partial charge in [-0.05, 0) is 68.6 Å². The van der Waals surface area contributed by atoms with E-state index in [0.717, 1.165) is 48.4 Å². The minimum Gasteiger partial charge on any atom is -0.327 e. The normalized spacial score (nSPS) is 40.2. The molecule has 4 saturated carbocycles. The minimum atomic E-state index is 0.277. The van der Waals surface area contributed by atoms with Crippen molar-refractivity contribution in [1.29, 1.82) is 0 Å². The fraction of sp³-hybridized carbons (Fsp3) is 0.875. The lowest BCUT2D eigenvalue weighted by Crippen LogP contribution is -2.52. The highest BCUT2D eigenvalue weighted by atomic mass is 15.3. The molecule has 20 heavy (non-hydrogen) atoms. The van der Waals surface area contributed by atoms with E-state index in [1.165, 1.54) is 32.1 Å². The molecule has 0 spiro atoms. The van der Waals surface area contributed by atoms with Gasteiger partial charge in [-0.1, -0.05) is 0 Å². The fourth-order valence-corrected chi connectivity index (χ4v) is 5.72. The summed E-state index contributed by atoms with van der Waals surface area (Å²) in [5, 5.41) is 4.27. The van der Waals surface area contributed by atoms with Crippen molar-refractivity contribution in [3.63, 3.8) is 0 Å². The topological polar surface area (TPSA) is 56.7 Å². The predicted octanol–water partition coefficient (Wildman–Crippen LogP) is 2.24. The van der Waals surface area contributed by atoms with Crippen LogP contribution in [0.5, 0.6) is 0 Å². The molecule has 1 aromatic heterocycles. The minimum absolute atomic E-state index is 0.277. The maximum atomic E-state index is 6.63. The Kier molecular flexibility index (Phi) is 3.09. The molecular formula is C16H26N4. The fourth-order valence-electron chi connectivity index (χ4n) is 5.72. The zero-order chi connectivity index (χ0) is 13.7. The number of hydrogen-bond acceptors (Lipinski definition) is 3. The first-order chi connectivity index (χ1) is 9.74. The molecule has 1 heterocycles. The van der Waals surface area contributed by atoms with E-state index in [1.807, 2.05) is 4.68 Å². The second kappa shape index (κ2) is 4.83. The maximum absolute atomic E-state index is 6.63. The van der Waals surface area contributed by atoms with Crippen LogP contribution < -0.4 is 5.73 Å². The zero-order valence-electron chi connectivity index (χ0n) is 12.4. The largest absolute Gasteiger partial charge is 0.327 e. The summed E-state index contributed by atoms with van der Waals surface area (Å²) < 4.78 is 2.00. The van der Waals surface area contributed by atoms with Crippen LogP contribution in [0.2, 0.25) is 0 Å². The van der Waals surface area contributed by atoms with E-state index in [2.05, 4.69) is 17.0 Å². The average molecular weight is 274 g/mol. The molecule has 110 valence electrons. The molecule has 4 bridgehead atoms. The smallest absolute Gasteiger partial charge is 0.138 e. The van der Waals surface area contributed by atoms with Crippen LogP contribution in [0, 0.1) is 29.6 Å². The number of nitrogens with two attached hydrogens (primary N) is 1. The molecule has 1 atom stereocenters. The second-order valence-corrected chi connectivity index (χ2v) is 7.37. The molecule has 4 nitrogen and oxygen atoms in total. The van der Waals surface area contributed by atoms with Gasteiger partial charge in [-0.25, -0.2) is 4.98 Å². The van der Waals surface area contributed by atoms with Crippen LogP contribution in [0.3, 0.4) is 0 Å². The molecule has 0 aromatic carbocycles. The Morgan fingerprint density at radius 2 is 1.85 bits per heavy atom. The van der Waals surface area contributed by atoms with Gasteiger partial charge in [-0.2, -0.15) is 5.10 Å². The molecule has 4 aliphatic rings. The van der Waals surface area contributed by atoms with Crippen LogP contribution >= 0.6 is 0 Å². The summed E-state index contributed by atoms with van der Waals surface area (Å²) in [6, 6.07) is 0.277. The summed E-state index contributed by atoms with van der Waals surface area (Å²) in [5.41, 5.74) is 6.63. The lowest BCUT2D eigenvalue weighted by atomic mass is 9.50. The highest BCUT2D eigenvalue weighted by Gasteiger charge is 2.49. The van der Waals surface area contributed by atoms with Gasteiger partial charge in [0.25, 0.3) is 0 Å². The standard InChI is InChI=1S/C16H26N4/c1-2-20-15(18-9-19-20)8-14(17)16-12-4-10-3-11(6-12)7-13(16)5-10/h9-14,16H,2-8,17H2,1H3. The number of nitrogens with zero attached hydrogens (tertiary/aromatic N) is 3. The van der Waals surface area contributed by atoms with Gasteiger partial charge >= 0.3 is 0 Å². The number of aryl methyl sites for hydroxylation is 1. The molecule has 4 heteroatoms. The van der Waals surface area contributed by atoms with Crippen molar-refractivity contribution in [2.24, 2.45) is 35.3 Å². The van der Waals surface area contributed by atoms with Gasteiger partial charge < -0.3 is 5.73 Å². The number of hydrogen-bond donors (Lipinski definition) is 1. The van der Waals surface area contributed by atoms with Crippen molar-refractivity contribution in [3.05, 3.63) is 12.2 Å². The molecule has 5 rings (SSSR count). The van der Waals surface area contributed by atoms with Crippen LogP contribution in [-0.2, 0) is 13.0 Å². The SMILES string of the molecule is CCn1ncnc1CC(N)C1C2CC3CC(C2)CC1C3. The second-order valence-electron chi connectivity index (χ2n) is 7.37. The van der Waals surface area contributed by atoms with Crippen LogP contribution in [-0.4, -0.2) is 20.8 Å². The summed E-state index contributed by atoms with van der Waals surface area (Å²) in [6.45, 7) is 3.01. The quantitative estimate of drug-likeness (QED) is 0.916. The van der Waals surface area contributed by atoms with Crippen molar-refractivity contribution in [1.82, 2.24) is 14.8 Å². The van der Waals surface area contributed by atoms with E-state index >= 15 is 0 Å². The summed E-state index contributed by atoms with van der Waals surface area (Å²) in [7, 11) is 0. The zero-order valence-corrected chi connectivity index (χ0v) is 12.4. The van der Waals surface area contributed by atoms with Crippen LogP contribution in [0.4, 0.5) is 0 Å². The van der Waals surface area contributed by atoms with E-state index in [4.69, 9.17) is 5.73 Å². The third-order valence-corrected chi connectivity index (χ3v) is 6.21. The van der Waals surface area contributed by atoms with E-state index < -0.39 is 0 Å². The first kappa shape index (κ1) is 12.8. The predicted molar refractivity (Wildman–Crippen MR) is 77.9 cm³/mol. The van der Waals surface area contributed by atoms with Crippen molar-refractivity contribution in [2.45, 2.75) is 58.0 Å². The lowest BCUT2D eigenvalue weighted by molar-refractivity contribution is -0.0467. The first-order valence-corrected chi connectivity index (χ1v) is 8.36. The molecule has 2 N–H and O–H groups in total. The summed E-state index contributed by atoms with van der Waals surface area (Å²) in [6.07, 6.45) is 9.89. The number of rotatable bonds is 4. The Balaban J connectivity index is 1.50. The molecule has 0 radical (unpaired) electrons. The third kappa shape index (κ3) is 2.00. The van der Waals surface area contributed by atoms with Gasteiger partial charge in [-0.15, -0.1) is 0 Å². The highest BCUT2D eigenvalue weighted by Crippen LogP contribution is 2.57. The van der Waals surface area contributed by atoms with Gasteiger partial charge in [0, 0.05) is 19.0 Å².